The van der Waals surface area contributed by atoms with Gasteiger partial charge in [-0.25, -0.2) is 13.1 Å². The molecule has 0 fully saturated rings. The lowest BCUT2D eigenvalue weighted by atomic mass is 10.1. The summed E-state index contributed by atoms with van der Waals surface area (Å²) in [5.74, 6) is 0.335. The van der Waals surface area contributed by atoms with Gasteiger partial charge in [-0.1, -0.05) is 19.1 Å². The topological polar surface area (TPSA) is 78.4 Å². The zero-order valence-electron chi connectivity index (χ0n) is 11.4. The van der Waals surface area contributed by atoms with Crippen LogP contribution in [0, 0.1) is 0 Å². The second kappa shape index (κ2) is 7.47. The van der Waals surface area contributed by atoms with Crippen LogP contribution in [0.3, 0.4) is 0 Å². The van der Waals surface area contributed by atoms with E-state index in [1.54, 1.807) is 19.1 Å². The van der Waals surface area contributed by atoms with Crippen molar-refractivity contribution in [2.45, 2.75) is 26.3 Å². The second-order valence-corrected chi connectivity index (χ2v) is 6.47. The molecule has 1 rings (SSSR count). The van der Waals surface area contributed by atoms with Gasteiger partial charge in [-0.2, -0.15) is 0 Å². The first-order valence-corrected chi connectivity index (χ1v) is 8.07. The van der Waals surface area contributed by atoms with Crippen LogP contribution in [-0.2, 0) is 16.4 Å². The molecule has 0 amide bonds. The highest BCUT2D eigenvalue weighted by atomic mass is 32.2. The number of sulfonamides is 1. The van der Waals surface area contributed by atoms with Crippen LogP contribution in [-0.4, -0.2) is 38.4 Å². The van der Waals surface area contributed by atoms with Crippen molar-refractivity contribution >= 4 is 10.0 Å². The van der Waals surface area contributed by atoms with E-state index in [-0.39, 0.29) is 17.5 Å². The highest BCUT2D eigenvalue weighted by Crippen LogP contribution is 2.11. The van der Waals surface area contributed by atoms with Crippen molar-refractivity contribution in [2.75, 3.05) is 18.8 Å². The molecule has 6 heteroatoms. The van der Waals surface area contributed by atoms with Crippen LogP contribution in [0.15, 0.2) is 24.3 Å². The summed E-state index contributed by atoms with van der Waals surface area (Å²) in [5.41, 5.74) is 1.10. The van der Waals surface area contributed by atoms with Crippen molar-refractivity contribution in [3.8, 4) is 5.75 Å². The number of phenolic OH excluding ortho intramolecular Hbond substituents is 1. The van der Waals surface area contributed by atoms with Crippen LogP contribution in [0.1, 0.15) is 19.4 Å². The third kappa shape index (κ3) is 6.56. The molecule has 1 aromatic rings. The minimum Gasteiger partial charge on any atom is -0.508 e. The van der Waals surface area contributed by atoms with Gasteiger partial charge >= 0.3 is 0 Å². The number of phenols is 1. The summed E-state index contributed by atoms with van der Waals surface area (Å²) in [4.78, 5) is 0. The van der Waals surface area contributed by atoms with Gasteiger partial charge in [0.2, 0.25) is 10.0 Å². The summed E-state index contributed by atoms with van der Waals surface area (Å²) in [6.07, 6.45) is 0.793. The molecule has 0 spiro atoms. The molecular weight excluding hydrogens is 264 g/mol. The van der Waals surface area contributed by atoms with Crippen LogP contribution in [0.2, 0.25) is 0 Å². The van der Waals surface area contributed by atoms with E-state index in [1.807, 2.05) is 19.1 Å². The Morgan fingerprint density at radius 1 is 1.26 bits per heavy atom. The minimum atomic E-state index is -3.15. The van der Waals surface area contributed by atoms with Crippen molar-refractivity contribution in [2.24, 2.45) is 0 Å². The Labute approximate surface area is 115 Å². The van der Waals surface area contributed by atoms with Crippen LogP contribution in [0.25, 0.3) is 0 Å². The largest absolute Gasteiger partial charge is 0.508 e. The van der Waals surface area contributed by atoms with Gasteiger partial charge in [-0.05, 0) is 31.0 Å². The molecular formula is C13H22N2O3S. The Morgan fingerprint density at radius 3 is 2.47 bits per heavy atom. The molecule has 1 aromatic carbocycles. The first kappa shape index (κ1) is 15.9. The molecule has 0 saturated heterocycles. The molecule has 0 aromatic heterocycles. The van der Waals surface area contributed by atoms with Gasteiger partial charge in [0.05, 0.1) is 5.75 Å². The number of nitrogens with one attached hydrogen (secondary N) is 2. The van der Waals surface area contributed by atoms with Gasteiger partial charge in [0, 0.05) is 19.1 Å². The summed E-state index contributed by atoms with van der Waals surface area (Å²) in [6.45, 7) is 4.62. The van der Waals surface area contributed by atoms with E-state index in [2.05, 4.69) is 10.0 Å². The molecule has 3 N–H and O–H groups in total. The highest BCUT2D eigenvalue weighted by molar-refractivity contribution is 7.89. The van der Waals surface area contributed by atoms with Gasteiger partial charge in [0.15, 0.2) is 0 Å². The van der Waals surface area contributed by atoms with Gasteiger partial charge in [-0.3, -0.25) is 0 Å². The minimum absolute atomic E-state index is 0.0841. The molecule has 0 aliphatic heterocycles. The van der Waals surface area contributed by atoms with Crippen LogP contribution >= 0.6 is 0 Å². The predicted molar refractivity (Wildman–Crippen MR) is 76.7 cm³/mol. The quantitative estimate of drug-likeness (QED) is 0.662. The lowest BCUT2D eigenvalue weighted by Crippen LogP contribution is -2.36. The van der Waals surface area contributed by atoms with E-state index in [1.165, 1.54) is 0 Å². The molecule has 0 aliphatic carbocycles. The molecule has 5 nitrogen and oxygen atoms in total. The Kier molecular flexibility index (Phi) is 6.27. The predicted octanol–water partition coefficient (Wildman–Crippen LogP) is 0.852. The molecule has 0 heterocycles. The monoisotopic (exact) mass is 286 g/mol. The van der Waals surface area contributed by atoms with E-state index in [0.29, 0.717) is 13.1 Å². The smallest absolute Gasteiger partial charge is 0.212 e. The Balaban J connectivity index is 2.32. The van der Waals surface area contributed by atoms with E-state index in [4.69, 9.17) is 0 Å². The molecule has 0 saturated carbocycles. The summed E-state index contributed by atoms with van der Waals surface area (Å²) >= 11 is 0. The number of benzene rings is 1. The Morgan fingerprint density at radius 2 is 1.89 bits per heavy atom. The van der Waals surface area contributed by atoms with E-state index < -0.39 is 10.0 Å². The molecule has 0 radical (unpaired) electrons. The lowest BCUT2D eigenvalue weighted by Gasteiger charge is -2.14. The van der Waals surface area contributed by atoms with Crippen molar-refractivity contribution in [1.29, 1.82) is 0 Å². The van der Waals surface area contributed by atoms with Gasteiger partial charge in [0.25, 0.3) is 0 Å². The molecule has 1 atom stereocenters. The van der Waals surface area contributed by atoms with E-state index in [0.717, 1.165) is 12.0 Å². The van der Waals surface area contributed by atoms with Crippen molar-refractivity contribution in [3.63, 3.8) is 0 Å². The first-order valence-electron chi connectivity index (χ1n) is 6.41. The zero-order chi connectivity index (χ0) is 14.3. The normalized spacial score (nSPS) is 13.4. The Bertz CT molecular complexity index is 471. The van der Waals surface area contributed by atoms with Crippen LogP contribution in [0.5, 0.6) is 5.75 Å². The third-order valence-corrected chi connectivity index (χ3v) is 4.18. The van der Waals surface area contributed by atoms with E-state index >= 15 is 0 Å². The molecule has 0 aliphatic rings. The average Bonchev–Trinajstić information content (AvgIpc) is 2.31. The molecule has 1 unspecified atom stereocenters. The number of hydrogen-bond acceptors (Lipinski definition) is 4. The van der Waals surface area contributed by atoms with Crippen LogP contribution < -0.4 is 10.0 Å². The second-order valence-electron chi connectivity index (χ2n) is 4.54. The van der Waals surface area contributed by atoms with E-state index in [9.17, 15) is 13.5 Å². The van der Waals surface area contributed by atoms with Crippen LogP contribution in [0.4, 0.5) is 0 Å². The summed E-state index contributed by atoms with van der Waals surface area (Å²) in [7, 11) is -3.15. The summed E-state index contributed by atoms with van der Waals surface area (Å²) in [5, 5.41) is 12.4. The van der Waals surface area contributed by atoms with Crippen molar-refractivity contribution in [3.05, 3.63) is 29.8 Å². The Hall–Kier alpha value is -1.11. The number of hydrogen-bond donors (Lipinski definition) is 3. The lowest BCUT2D eigenvalue weighted by molar-refractivity contribution is 0.474. The van der Waals surface area contributed by atoms with Gasteiger partial charge < -0.3 is 10.4 Å². The fourth-order valence-electron chi connectivity index (χ4n) is 1.79. The van der Waals surface area contributed by atoms with Gasteiger partial charge in [0.1, 0.15) is 5.75 Å². The maximum atomic E-state index is 11.4. The molecule has 108 valence electrons. The fraction of sp³-hybridized carbons (Fsp3) is 0.538. The maximum absolute atomic E-state index is 11.4. The first-order chi connectivity index (χ1) is 8.93. The van der Waals surface area contributed by atoms with Gasteiger partial charge in [-0.15, -0.1) is 0 Å². The summed E-state index contributed by atoms with van der Waals surface area (Å²) in [6, 6.07) is 7.21. The molecule has 0 bridgehead atoms. The summed E-state index contributed by atoms with van der Waals surface area (Å²) < 4.78 is 25.3. The van der Waals surface area contributed by atoms with Crippen molar-refractivity contribution in [1.82, 2.24) is 10.0 Å². The standard InChI is InChI=1S/C13H22N2O3S/c1-3-15-19(17,18)9-8-14-11(2)10-12-4-6-13(16)7-5-12/h4-7,11,14-16H,3,8-10H2,1-2H3. The van der Waals surface area contributed by atoms with Crippen molar-refractivity contribution < 1.29 is 13.5 Å². The maximum Gasteiger partial charge on any atom is 0.212 e. The highest BCUT2D eigenvalue weighted by Gasteiger charge is 2.09. The molecule has 19 heavy (non-hydrogen) atoms. The fourth-order valence-corrected chi connectivity index (χ4v) is 2.76. The average molecular weight is 286 g/mol. The zero-order valence-corrected chi connectivity index (χ0v) is 12.2. The number of aromatic hydroxyl groups is 1. The SMILES string of the molecule is CCNS(=O)(=O)CCNC(C)Cc1ccc(O)cc1. The number of rotatable bonds is 8. The third-order valence-electron chi connectivity index (χ3n) is 2.71.